The average molecular weight is 268 g/mol. The van der Waals surface area contributed by atoms with E-state index in [4.69, 9.17) is 4.74 Å². The van der Waals surface area contributed by atoms with E-state index in [1.54, 1.807) is 0 Å². The standard InChI is InChI=1S/C15H28N2O2/c1-4-19-15(18)11(2)10-16-12-8-13-6-5-7-14(9-12)17(13)3/h11-14,16H,4-10H2,1-3H3. The van der Waals surface area contributed by atoms with Gasteiger partial charge in [0.25, 0.3) is 0 Å². The molecule has 2 saturated heterocycles. The van der Waals surface area contributed by atoms with Crippen molar-refractivity contribution < 1.29 is 9.53 Å². The van der Waals surface area contributed by atoms with Gasteiger partial charge in [0.1, 0.15) is 0 Å². The van der Waals surface area contributed by atoms with Gasteiger partial charge in [-0.15, -0.1) is 0 Å². The summed E-state index contributed by atoms with van der Waals surface area (Å²) in [5.41, 5.74) is 0. The third-order valence-corrected chi connectivity index (χ3v) is 4.74. The zero-order valence-electron chi connectivity index (χ0n) is 12.5. The number of hydrogen-bond donors (Lipinski definition) is 1. The summed E-state index contributed by atoms with van der Waals surface area (Å²) in [6.45, 7) is 5.02. The maximum absolute atomic E-state index is 11.6. The van der Waals surface area contributed by atoms with Gasteiger partial charge in [0, 0.05) is 24.7 Å². The van der Waals surface area contributed by atoms with E-state index in [2.05, 4.69) is 17.3 Å². The van der Waals surface area contributed by atoms with Gasteiger partial charge in [0.05, 0.1) is 12.5 Å². The number of carbonyl (C=O) groups is 1. The molecule has 2 heterocycles. The maximum Gasteiger partial charge on any atom is 0.309 e. The number of nitrogens with one attached hydrogen (secondary N) is 1. The molecule has 2 rings (SSSR count). The molecule has 0 spiro atoms. The van der Waals surface area contributed by atoms with E-state index in [0.717, 1.165) is 18.6 Å². The van der Waals surface area contributed by atoms with Gasteiger partial charge in [-0.05, 0) is 39.7 Å². The minimum Gasteiger partial charge on any atom is -0.466 e. The van der Waals surface area contributed by atoms with Crippen LogP contribution < -0.4 is 5.32 Å². The number of esters is 1. The van der Waals surface area contributed by atoms with E-state index in [1.807, 2.05) is 13.8 Å². The molecule has 2 aliphatic rings. The molecule has 4 nitrogen and oxygen atoms in total. The first-order valence-corrected chi connectivity index (χ1v) is 7.73. The molecule has 4 heteroatoms. The maximum atomic E-state index is 11.6. The Hall–Kier alpha value is -0.610. The summed E-state index contributed by atoms with van der Waals surface area (Å²) in [7, 11) is 2.27. The zero-order chi connectivity index (χ0) is 13.8. The minimum atomic E-state index is -0.0804. The van der Waals surface area contributed by atoms with Crippen molar-refractivity contribution in [2.24, 2.45) is 5.92 Å². The molecule has 2 aliphatic heterocycles. The van der Waals surface area contributed by atoms with E-state index in [-0.39, 0.29) is 11.9 Å². The Morgan fingerprint density at radius 2 is 2.00 bits per heavy atom. The van der Waals surface area contributed by atoms with Crippen molar-refractivity contribution >= 4 is 5.97 Å². The molecule has 0 aromatic heterocycles. The fourth-order valence-electron chi connectivity index (χ4n) is 3.49. The van der Waals surface area contributed by atoms with Gasteiger partial charge in [0.15, 0.2) is 0 Å². The molecule has 0 aromatic rings. The van der Waals surface area contributed by atoms with Crippen molar-refractivity contribution in [1.29, 1.82) is 0 Å². The highest BCUT2D eigenvalue weighted by Crippen LogP contribution is 2.32. The van der Waals surface area contributed by atoms with Gasteiger partial charge in [-0.3, -0.25) is 4.79 Å². The topological polar surface area (TPSA) is 41.6 Å². The number of nitrogens with zero attached hydrogens (tertiary/aromatic N) is 1. The first-order valence-electron chi connectivity index (χ1n) is 7.73. The summed E-state index contributed by atoms with van der Waals surface area (Å²) in [5.74, 6) is -0.123. The molecule has 0 amide bonds. The lowest BCUT2D eigenvalue weighted by Gasteiger charge is -2.47. The van der Waals surface area contributed by atoms with Crippen LogP contribution in [0.5, 0.6) is 0 Å². The summed E-state index contributed by atoms with van der Waals surface area (Å²) < 4.78 is 5.05. The zero-order valence-corrected chi connectivity index (χ0v) is 12.5. The lowest BCUT2D eigenvalue weighted by molar-refractivity contribution is -0.147. The molecule has 19 heavy (non-hydrogen) atoms. The fourth-order valence-corrected chi connectivity index (χ4v) is 3.49. The van der Waals surface area contributed by atoms with Crippen LogP contribution in [0, 0.1) is 5.92 Å². The molecule has 2 fully saturated rings. The van der Waals surface area contributed by atoms with Crippen molar-refractivity contribution in [3.8, 4) is 0 Å². The molecular weight excluding hydrogens is 240 g/mol. The van der Waals surface area contributed by atoms with Crippen LogP contribution in [0.4, 0.5) is 0 Å². The number of hydrogen-bond acceptors (Lipinski definition) is 4. The molecular formula is C15H28N2O2. The molecule has 0 aliphatic carbocycles. The Bertz CT molecular complexity index is 295. The summed E-state index contributed by atoms with van der Waals surface area (Å²) in [5, 5.41) is 3.58. The monoisotopic (exact) mass is 268 g/mol. The summed E-state index contributed by atoms with van der Waals surface area (Å²) >= 11 is 0. The smallest absolute Gasteiger partial charge is 0.309 e. The summed E-state index contributed by atoms with van der Waals surface area (Å²) in [6.07, 6.45) is 6.49. The number of ether oxygens (including phenoxy) is 1. The van der Waals surface area contributed by atoms with E-state index in [1.165, 1.54) is 32.1 Å². The second kappa shape index (κ2) is 6.71. The van der Waals surface area contributed by atoms with Crippen molar-refractivity contribution in [3.63, 3.8) is 0 Å². The van der Waals surface area contributed by atoms with Gasteiger partial charge in [-0.1, -0.05) is 13.3 Å². The molecule has 3 atom stereocenters. The minimum absolute atomic E-state index is 0.0422. The van der Waals surface area contributed by atoms with E-state index < -0.39 is 0 Å². The molecule has 0 saturated carbocycles. The molecule has 110 valence electrons. The second-order valence-electron chi connectivity index (χ2n) is 6.13. The van der Waals surface area contributed by atoms with Crippen LogP contribution in [0.3, 0.4) is 0 Å². The molecule has 3 unspecified atom stereocenters. The van der Waals surface area contributed by atoms with Crippen molar-refractivity contribution in [2.45, 2.75) is 64.1 Å². The fraction of sp³-hybridized carbons (Fsp3) is 0.933. The SMILES string of the molecule is CCOC(=O)C(C)CNC1CC2CCCC(C1)N2C. The normalized spacial score (nSPS) is 32.9. The summed E-state index contributed by atoms with van der Waals surface area (Å²) in [4.78, 5) is 14.2. The third-order valence-electron chi connectivity index (χ3n) is 4.74. The van der Waals surface area contributed by atoms with Crippen molar-refractivity contribution in [2.75, 3.05) is 20.2 Å². The van der Waals surface area contributed by atoms with Gasteiger partial charge in [-0.25, -0.2) is 0 Å². The first-order chi connectivity index (χ1) is 9.11. The first kappa shape index (κ1) is 14.8. The van der Waals surface area contributed by atoms with Crippen LogP contribution in [-0.4, -0.2) is 49.2 Å². The third kappa shape index (κ3) is 3.69. The Balaban J connectivity index is 1.76. The number of fused-ring (bicyclic) bond motifs is 2. The molecule has 0 radical (unpaired) electrons. The van der Waals surface area contributed by atoms with E-state index >= 15 is 0 Å². The Kier molecular flexibility index (Phi) is 5.22. The van der Waals surface area contributed by atoms with Crippen molar-refractivity contribution in [3.05, 3.63) is 0 Å². The molecule has 1 N–H and O–H groups in total. The Morgan fingerprint density at radius 1 is 1.37 bits per heavy atom. The number of rotatable bonds is 5. The van der Waals surface area contributed by atoms with Gasteiger partial charge in [-0.2, -0.15) is 0 Å². The van der Waals surface area contributed by atoms with Gasteiger partial charge >= 0.3 is 5.97 Å². The van der Waals surface area contributed by atoms with Crippen LogP contribution >= 0.6 is 0 Å². The van der Waals surface area contributed by atoms with Crippen LogP contribution in [0.15, 0.2) is 0 Å². The van der Waals surface area contributed by atoms with E-state index in [9.17, 15) is 4.79 Å². The lowest BCUT2D eigenvalue weighted by Crippen LogP contribution is -2.55. The van der Waals surface area contributed by atoms with Crippen molar-refractivity contribution in [1.82, 2.24) is 10.2 Å². The largest absolute Gasteiger partial charge is 0.466 e. The number of carbonyl (C=O) groups excluding carboxylic acids is 1. The van der Waals surface area contributed by atoms with Gasteiger partial charge < -0.3 is 15.0 Å². The van der Waals surface area contributed by atoms with E-state index in [0.29, 0.717) is 12.6 Å². The summed E-state index contributed by atoms with van der Waals surface area (Å²) in [6, 6.07) is 2.05. The lowest BCUT2D eigenvalue weighted by atomic mass is 9.82. The van der Waals surface area contributed by atoms with Gasteiger partial charge in [0.2, 0.25) is 0 Å². The predicted octanol–water partition coefficient (Wildman–Crippen LogP) is 1.79. The average Bonchev–Trinajstić information content (AvgIpc) is 2.36. The molecule has 2 bridgehead atoms. The Labute approximate surface area is 116 Å². The highest BCUT2D eigenvalue weighted by molar-refractivity contribution is 5.72. The highest BCUT2D eigenvalue weighted by Gasteiger charge is 2.35. The van der Waals surface area contributed by atoms with Crippen LogP contribution in [-0.2, 0) is 9.53 Å². The second-order valence-corrected chi connectivity index (χ2v) is 6.13. The van der Waals surface area contributed by atoms with Crippen LogP contribution in [0.25, 0.3) is 0 Å². The highest BCUT2D eigenvalue weighted by atomic mass is 16.5. The predicted molar refractivity (Wildman–Crippen MR) is 76.0 cm³/mol. The quantitative estimate of drug-likeness (QED) is 0.772. The molecule has 0 aromatic carbocycles. The number of piperidine rings is 2. The van der Waals surface area contributed by atoms with Crippen LogP contribution in [0.2, 0.25) is 0 Å². The Morgan fingerprint density at radius 3 is 2.58 bits per heavy atom. The van der Waals surface area contributed by atoms with Crippen LogP contribution in [0.1, 0.15) is 46.0 Å².